The highest BCUT2D eigenvalue weighted by Crippen LogP contribution is 1.95. The van der Waals surface area contributed by atoms with Crippen LogP contribution in [0.2, 0.25) is 0 Å². The number of aliphatic hydroxyl groups is 1. The van der Waals surface area contributed by atoms with Gasteiger partial charge in [-0.15, -0.1) is 0 Å². The lowest BCUT2D eigenvalue weighted by atomic mass is 10.2. The minimum absolute atomic E-state index is 0.199. The Morgan fingerprint density at radius 2 is 2.07 bits per heavy atom. The lowest BCUT2D eigenvalue weighted by Crippen LogP contribution is -2.34. The van der Waals surface area contributed by atoms with E-state index in [2.05, 4.69) is 10.1 Å². The number of rotatable bonds is 7. The van der Waals surface area contributed by atoms with Crippen molar-refractivity contribution in [3.05, 3.63) is 0 Å². The first kappa shape index (κ1) is 13.4. The molecule has 0 radical (unpaired) electrons. The van der Waals surface area contributed by atoms with Gasteiger partial charge in [0.25, 0.3) is 0 Å². The Balaban J connectivity index is 3.48. The third kappa shape index (κ3) is 5.90. The van der Waals surface area contributed by atoms with Gasteiger partial charge < -0.3 is 19.9 Å². The summed E-state index contributed by atoms with van der Waals surface area (Å²) in [7, 11) is 2.89. The summed E-state index contributed by atoms with van der Waals surface area (Å²) in [5.41, 5.74) is 0. The number of hydrogen-bond donors (Lipinski definition) is 2. The van der Waals surface area contributed by atoms with Crippen LogP contribution in [0.3, 0.4) is 0 Å². The second-order valence-electron chi connectivity index (χ2n) is 3.19. The Labute approximate surface area is 84.4 Å². The normalized spacial score (nSPS) is 14.9. The lowest BCUT2D eigenvalue weighted by molar-refractivity contribution is -0.144. The predicted octanol–water partition coefficient (Wildman–Crippen LogP) is -0.608. The number of carbonyl (C=O) groups is 1. The molecule has 0 aromatic rings. The highest BCUT2D eigenvalue weighted by atomic mass is 16.5. The molecule has 14 heavy (non-hydrogen) atoms. The van der Waals surface area contributed by atoms with Gasteiger partial charge in [-0.3, -0.25) is 4.79 Å². The molecule has 0 saturated heterocycles. The molecule has 0 spiro atoms. The molecule has 2 atom stereocenters. The third-order valence-electron chi connectivity index (χ3n) is 1.79. The summed E-state index contributed by atoms with van der Waals surface area (Å²) in [6.45, 7) is 2.96. The van der Waals surface area contributed by atoms with Crippen LogP contribution in [0.5, 0.6) is 0 Å². The highest BCUT2D eigenvalue weighted by Gasteiger charge is 2.12. The van der Waals surface area contributed by atoms with Crippen molar-refractivity contribution >= 4 is 5.97 Å². The van der Waals surface area contributed by atoms with Crippen LogP contribution in [0.4, 0.5) is 0 Å². The van der Waals surface area contributed by atoms with E-state index in [0.717, 1.165) is 0 Å². The van der Waals surface area contributed by atoms with Crippen molar-refractivity contribution in [2.75, 3.05) is 33.9 Å². The first-order valence-corrected chi connectivity index (χ1v) is 4.57. The monoisotopic (exact) mass is 205 g/mol. The van der Waals surface area contributed by atoms with Gasteiger partial charge in [-0.1, -0.05) is 6.92 Å². The van der Waals surface area contributed by atoms with Crippen molar-refractivity contribution in [3.63, 3.8) is 0 Å². The summed E-state index contributed by atoms with van der Waals surface area (Å²) in [4.78, 5) is 11.0. The van der Waals surface area contributed by atoms with E-state index in [4.69, 9.17) is 4.74 Å². The van der Waals surface area contributed by atoms with Crippen molar-refractivity contribution in [2.45, 2.75) is 13.0 Å². The van der Waals surface area contributed by atoms with Crippen LogP contribution < -0.4 is 5.32 Å². The van der Waals surface area contributed by atoms with Gasteiger partial charge in [0.15, 0.2) is 0 Å². The molecule has 0 aromatic carbocycles. The zero-order chi connectivity index (χ0) is 11.0. The van der Waals surface area contributed by atoms with Gasteiger partial charge in [-0.2, -0.15) is 0 Å². The van der Waals surface area contributed by atoms with Crippen molar-refractivity contribution in [1.82, 2.24) is 5.32 Å². The van der Waals surface area contributed by atoms with E-state index in [0.29, 0.717) is 19.7 Å². The number of methoxy groups -OCH3 is 2. The molecule has 0 aliphatic heterocycles. The Kier molecular flexibility index (Phi) is 7.37. The van der Waals surface area contributed by atoms with E-state index < -0.39 is 6.10 Å². The highest BCUT2D eigenvalue weighted by molar-refractivity contribution is 5.71. The number of esters is 1. The molecule has 0 aliphatic rings. The Hall–Kier alpha value is -0.650. The van der Waals surface area contributed by atoms with Gasteiger partial charge in [0, 0.05) is 20.2 Å². The first-order valence-electron chi connectivity index (χ1n) is 4.57. The molecule has 0 saturated carbocycles. The van der Waals surface area contributed by atoms with Gasteiger partial charge in [0.05, 0.1) is 25.7 Å². The molecule has 0 aromatic heterocycles. The molecule has 0 amide bonds. The van der Waals surface area contributed by atoms with Gasteiger partial charge in [0.1, 0.15) is 0 Å². The number of aliphatic hydroxyl groups excluding tert-OH is 1. The molecule has 0 aliphatic carbocycles. The number of carbonyl (C=O) groups excluding carboxylic acids is 1. The molecule has 84 valence electrons. The SMILES string of the molecule is COCC(O)CNCC(C)C(=O)OC. The van der Waals surface area contributed by atoms with Gasteiger partial charge >= 0.3 is 5.97 Å². The molecule has 0 rings (SSSR count). The fourth-order valence-electron chi connectivity index (χ4n) is 1.00. The number of hydrogen-bond acceptors (Lipinski definition) is 5. The maximum atomic E-state index is 11.0. The van der Waals surface area contributed by atoms with E-state index in [1.807, 2.05) is 0 Å². The summed E-state index contributed by atoms with van der Waals surface area (Å²) in [5.74, 6) is -0.450. The Morgan fingerprint density at radius 3 is 2.57 bits per heavy atom. The van der Waals surface area contributed by atoms with Crippen LogP contribution in [0.25, 0.3) is 0 Å². The van der Waals surface area contributed by atoms with E-state index in [1.54, 1.807) is 6.92 Å². The second kappa shape index (κ2) is 7.73. The van der Waals surface area contributed by atoms with Crippen molar-refractivity contribution in [2.24, 2.45) is 5.92 Å². The first-order chi connectivity index (χ1) is 6.61. The molecular formula is C9H19NO4. The Bertz CT molecular complexity index is 163. The molecule has 2 unspecified atom stereocenters. The van der Waals surface area contributed by atoms with Crippen molar-refractivity contribution < 1.29 is 19.4 Å². The average molecular weight is 205 g/mol. The van der Waals surface area contributed by atoms with Gasteiger partial charge in [-0.25, -0.2) is 0 Å². The van der Waals surface area contributed by atoms with Crippen LogP contribution in [-0.2, 0) is 14.3 Å². The topological polar surface area (TPSA) is 67.8 Å². The molecular weight excluding hydrogens is 186 g/mol. The summed E-state index contributed by atoms with van der Waals surface area (Å²) in [5, 5.41) is 12.2. The predicted molar refractivity (Wildman–Crippen MR) is 51.9 cm³/mol. The standard InChI is InChI=1S/C9H19NO4/c1-7(9(12)14-3)4-10-5-8(11)6-13-2/h7-8,10-11H,4-6H2,1-3H3. The molecule has 5 heteroatoms. The summed E-state index contributed by atoms with van der Waals surface area (Å²) in [6, 6.07) is 0. The molecule has 2 N–H and O–H groups in total. The fourth-order valence-corrected chi connectivity index (χ4v) is 1.00. The maximum Gasteiger partial charge on any atom is 0.309 e. The molecule has 0 heterocycles. The van der Waals surface area contributed by atoms with Crippen molar-refractivity contribution in [3.8, 4) is 0 Å². The fraction of sp³-hybridized carbons (Fsp3) is 0.889. The van der Waals surface area contributed by atoms with E-state index in [1.165, 1.54) is 14.2 Å². The minimum atomic E-state index is -0.537. The van der Waals surface area contributed by atoms with Crippen LogP contribution in [0.1, 0.15) is 6.92 Å². The smallest absolute Gasteiger partial charge is 0.309 e. The minimum Gasteiger partial charge on any atom is -0.469 e. The van der Waals surface area contributed by atoms with E-state index in [-0.39, 0.29) is 11.9 Å². The molecule has 0 bridgehead atoms. The van der Waals surface area contributed by atoms with Crippen LogP contribution in [0, 0.1) is 5.92 Å². The number of ether oxygens (including phenoxy) is 2. The van der Waals surface area contributed by atoms with Crippen LogP contribution >= 0.6 is 0 Å². The zero-order valence-electron chi connectivity index (χ0n) is 8.95. The van der Waals surface area contributed by atoms with E-state index in [9.17, 15) is 9.90 Å². The third-order valence-corrected chi connectivity index (χ3v) is 1.79. The molecule has 5 nitrogen and oxygen atoms in total. The maximum absolute atomic E-state index is 11.0. The average Bonchev–Trinajstić information content (AvgIpc) is 2.16. The van der Waals surface area contributed by atoms with Crippen molar-refractivity contribution in [1.29, 1.82) is 0 Å². The Morgan fingerprint density at radius 1 is 1.43 bits per heavy atom. The van der Waals surface area contributed by atoms with Crippen LogP contribution in [-0.4, -0.2) is 51.1 Å². The quantitative estimate of drug-likeness (QED) is 0.543. The zero-order valence-corrected chi connectivity index (χ0v) is 8.95. The summed E-state index contributed by atoms with van der Waals surface area (Å²) in [6.07, 6.45) is -0.537. The summed E-state index contributed by atoms with van der Waals surface area (Å²) < 4.78 is 9.30. The summed E-state index contributed by atoms with van der Waals surface area (Å²) >= 11 is 0. The number of nitrogens with one attached hydrogen (secondary N) is 1. The van der Waals surface area contributed by atoms with Gasteiger partial charge in [0.2, 0.25) is 0 Å². The molecule has 0 fully saturated rings. The van der Waals surface area contributed by atoms with Gasteiger partial charge in [-0.05, 0) is 0 Å². The largest absolute Gasteiger partial charge is 0.469 e. The van der Waals surface area contributed by atoms with Crippen LogP contribution in [0.15, 0.2) is 0 Å². The second-order valence-corrected chi connectivity index (χ2v) is 3.19. The lowest BCUT2D eigenvalue weighted by Gasteiger charge is -2.13. The van der Waals surface area contributed by atoms with E-state index >= 15 is 0 Å².